The van der Waals surface area contributed by atoms with Gasteiger partial charge in [0.2, 0.25) is 21.8 Å². The summed E-state index contributed by atoms with van der Waals surface area (Å²) in [6.45, 7) is 6.09. The molecule has 0 saturated carbocycles. The van der Waals surface area contributed by atoms with E-state index in [4.69, 9.17) is 0 Å². The Morgan fingerprint density at radius 2 is 1.42 bits per heavy atom. The highest BCUT2D eigenvalue weighted by Crippen LogP contribution is 2.19. The topological polar surface area (TPSA) is 86.8 Å². The van der Waals surface area contributed by atoms with Crippen LogP contribution in [-0.2, 0) is 32.6 Å². The lowest BCUT2D eigenvalue weighted by Gasteiger charge is -2.32. The third-order valence-corrected chi connectivity index (χ3v) is 8.20. The van der Waals surface area contributed by atoms with Crippen LogP contribution in [-0.4, -0.2) is 55.6 Å². The van der Waals surface area contributed by atoms with Crippen molar-refractivity contribution in [2.75, 3.05) is 20.1 Å². The Morgan fingerprint density at radius 3 is 2.00 bits per heavy atom. The number of likely N-dealkylation sites (N-methyl/N-ethyl adjacent to an activating group) is 1. The van der Waals surface area contributed by atoms with Crippen LogP contribution in [0.4, 0.5) is 0 Å². The first-order chi connectivity index (χ1) is 18.1. The number of carbonyl (C=O) groups is 2. The van der Waals surface area contributed by atoms with Gasteiger partial charge in [0.25, 0.3) is 0 Å². The van der Waals surface area contributed by atoms with Crippen molar-refractivity contribution >= 4 is 21.8 Å². The van der Waals surface area contributed by atoms with Crippen LogP contribution < -0.4 is 5.32 Å². The maximum Gasteiger partial charge on any atom is 0.243 e. The second kappa shape index (κ2) is 13.3. The minimum Gasteiger partial charge on any atom is -0.354 e. The van der Waals surface area contributed by atoms with Gasteiger partial charge in [-0.15, -0.1) is 0 Å². The molecule has 1 unspecified atom stereocenters. The lowest BCUT2D eigenvalue weighted by molar-refractivity contribution is -0.141. The van der Waals surface area contributed by atoms with Gasteiger partial charge in [0, 0.05) is 26.6 Å². The summed E-state index contributed by atoms with van der Waals surface area (Å²) in [6.07, 6.45) is 1.07. The smallest absolute Gasteiger partial charge is 0.243 e. The lowest BCUT2D eigenvalue weighted by Crippen LogP contribution is -2.53. The molecule has 1 atom stereocenters. The van der Waals surface area contributed by atoms with Gasteiger partial charge in [0.05, 0.1) is 11.4 Å². The molecular formula is C30H37N3O4S. The minimum absolute atomic E-state index is 0.116. The monoisotopic (exact) mass is 535 g/mol. The fourth-order valence-electron chi connectivity index (χ4n) is 4.07. The van der Waals surface area contributed by atoms with E-state index in [2.05, 4.69) is 5.32 Å². The molecule has 8 heteroatoms. The first-order valence-corrected chi connectivity index (χ1v) is 14.3. The maximum atomic E-state index is 13.8. The van der Waals surface area contributed by atoms with Gasteiger partial charge < -0.3 is 10.2 Å². The molecule has 0 aromatic heterocycles. The molecule has 202 valence electrons. The van der Waals surface area contributed by atoms with Crippen LogP contribution in [0, 0.1) is 13.8 Å². The molecule has 7 nitrogen and oxygen atoms in total. The Kier molecular flexibility index (Phi) is 10.2. The van der Waals surface area contributed by atoms with Crippen LogP contribution in [0.25, 0.3) is 0 Å². The van der Waals surface area contributed by atoms with Crippen LogP contribution in [0.15, 0.2) is 83.8 Å². The summed E-state index contributed by atoms with van der Waals surface area (Å²) < 4.78 is 27.5. The number of amides is 2. The Morgan fingerprint density at radius 1 is 0.842 bits per heavy atom. The molecule has 0 heterocycles. The molecule has 0 aliphatic rings. The second-order valence-corrected chi connectivity index (χ2v) is 11.6. The Balaban J connectivity index is 1.95. The molecular weight excluding hydrogens is 498 g/mol. The zero-order chi connectivity index (χ0) is 27.7. The number of benzene rings is 3. The standard InChI is InChI=1S/C30H37N3O4S/c1-5-19-31-30(35)28(20-25-9-7-6-8-10-25)33(21-26-15-11-23(2)12-16-26)29(34)22-32(4)38(36,37)27-17-13-24(3)14-18-27/h6-18,28H,5,19-22H2,1-4H3,(H,31,35). The Hall–Kier alpha value is -3.49. The van der Waals surface area contributed by atoms with Crippen molar-refractivity contribution in [1.82, 2.24) is 14.5 Å². The molecule has 0 radical (unpaired) electrons. The largest absolute Gasteiger partial charge is 0.354 e. The van der Waals surface area contributed by atoms with Crippen molar-refractivity contribution < 1.29 is 18.0 Å². The first kappa shape index (κ1) is 29.1. The predicted octanol–water partition coefficient (Wildman–Crippen LogP) is 4.09. The molecule has 0 fully saturated rings. The van der Waals surface area contributed by atoms with E-state index in [1.807, 2.05) is 75.4 Å². The van der Waals surface area contributed by atoms with E-state index in [0.29, 0.717) is 13.0 Å². The van der Waals surface area contributed by atoms with Gasteiger partial charge in [0.15, 0.2) is 0 Å². The summed E-state index contributed by atoms with van der Waals surface area (Å²) in [7, 11) is -2.51. The number of rotatable bonds is 12. The third kappa shape index (κ3) is 7.76. The molecule has 0 spiro atoms. The van der Waals surface area contributed by atoms with Crippen LogP contribution in [0.2, 0.25) is 0 Å². The highest BCUT2D eigenvalue weighted by atomic mass is 32.2. The first-order valence-electron chi connectivity index (χ1n) is 12.8. The highest BCUT2D eigenvalue weighted by Gasteiger charge is 2.32. The van der Waals surface area contributed by atoms with Crippen LogP contribution in [0.5, 0.6) is 0 Å². The van der Waals surface area contributed by atoms with E-state index in [1.165, 1.54) is 24.1 Å². The molecule has 0 aliphatic heterocycles. The third-order valence-electron chi connectivity index (χ3n) is 6.38. The van der Waals surface area contributed by atoms with Crippen molar-refractivity contribution in [3.8, 4) is 0 Å². The van der Waals surface area contributed by atoms with Gasteiger partial charge >= 0.3 is 0 Å². The van der Waals surface area contributed by atoms with E-state index in [0.717, 1.165) is 33.0 Å². The summed E-state index contributed by atoms with van der Waals surface area (Å²) in [5, 5.41) is 2.93. The number of sulfonamides is 1. The van der Waals surface area contributed by atoms with Gasteiger partial charge in [-0.05, 0) is 43.5 Å². The molecule has 3 aromatic carbocycles. The van der Waals surface area contributed by atoms with E-state index < -0.39 is 28.5 Å². The van der Waals surface area contributed by atoms with Crippen molar-refractivity contribution in [2.45, 2.75) is 51.1 Å². The van der Waals surface area contributed by atoms with Crippen LogP contribution >= 0.6 is 0 Å². The zero-order valence-electron chi connectivity index (χ0n) is 22.6. The molecule has 3 aromatic rings. The van der Waals surface area contributed by atoms with Gasteiger partial charge in [-0.2, -0.15) is 4.31 Å². The zero-order valence-corrected chi connectivity index (χ0v) is 23.4. The number of aryl methyl sites for hydroxylation is 2. The normalized spacial score (nSPS) is 12.2. The molecule has 3 rings (SSSR count). The van der Waals surface area contributed by atoms with Crippen molar-refractivity contribution in [1.29, 1.82) is 0 Å². The molecule has 0 saturated heterocycles. The van der Waals surface area contributed by atoms with E-state index in [9.17, 15) is 18.0 Å². The number of hydrogen-bond acceptors (Lipinski definition) is 4. The number of carbonyl (C=O) groups excluding carboxylic acids is 2. The summed E-state index contributed by atoms with van der Waals surface area (Å²) in [6, 6.07) is 23.0. The van der Waals surface area contributed by atoms with E-state index in [1.54, 1.807) is 12.1 Å². The van der Waals surface area contributed by atoms with E-state index >= 15 is 0 Å². The summed E-state index contributed by atoms with van der Waals surface area (Å²) in [5.74, 6) is -0.712. The van der Waals surface area contributed by atoms with Crippen LogP contribution in [0.1, 0.15) is 35.6 Å². The predicted molar refractivity (Wildman–Crippen MR) is 150 cm³/mol. The van der Waals surface area contributed by atoms with Crippen LogP contribution in [0.3, 0.4) is 0 Å². The van der Waals surface area contributed by atoms with E-state index in [-0.39, 0.29) is 17.3 Å². The fourth-order valence-corrected chi connectivity index (χ4v) is 5.19. The minimum atomic E-state index is -3.90. The molecule has 1 N–H and O–H groups in total. The fraction of sp³-hybridized carbons (Fsp3) is 0.333. The molecule has 0 bridgehead atoms. The van der Waals surface area contributed by atoms with Crippen molar-refractivity contribution in [3.05, 3.63) is 101 Å². The quantitative estimate of drug-likeness (QED) is 0.379. The second-order valence-electron chi connectivity index (χ2n) is 9.58. The molecule has 2 amide bonds. The summed E-state index contributed by atoms with van der Waals surface area (Å²) in [4.78, 5) is 28.8. The summed E-state index contributed by atoms with van der Waals surface area (Å²) >= 11 is 0. The Labute approximate surface area is 226 Å². The number of nitrogens with zero attached hydrogens (tertiary/aromatic N) is 2. The molecule has 0 aliphatic carbocycles. The average Bonchev–Trinajstić information content (AvgIpc) is 2.91. The lowest BCUT2D eigenvalue weighted by atomic mass is 10.0. The van der Waals surface area contributed by atoms with Crippen molar-refractivity contribution in [3.63, 3.8) is 0 Å². The van der Waals surface area contributed by atoms with Crippen molar-refractivity contribution in [2.24, 2.45) is 0 Å². The number of nitrogens with one attached hydrogen (secondary N) is 1. The van der Waals surface area contributed by atoms with Gasteiger partial charge in [0.1, 0.15) is 6.04 Å². The highest BCUT2D eigenvalue weighted by molar-refractivity contribution is 7.89. The molecule has 38 heavy (non-hydrogen) atoms. The number of hydrogen-bond donors (Lipinski definition) is 1. The SMILES string of the molecule is CCCNC(=O)C(Cc1ccccc1)N(Cc1ccc(C)cc1)C(=O)CN(C)S(=O)(=O)c1ccc(C)cc1. The van der Waals surface area contributed by atoms with Gasteiger partial charge in [-0.3, -0.25) is 9.59 Å². The Bertz CT molecular complexity index is 1310. The van der Waals surface area contributed by atoms with Gasteiger partial charge in [-0.25, -0.2) is 8.42 Å². The van der Waals surface area contributed by atoms with Gasteiger partial charge in [-0.1, -0.05) is 84.8 Å². The maximum absolute atomic E-state index is 13.8. The summed E-state index contributed by atoms with van der Waals surface area (Å²) in [5.41, 5.74) is 3.78. The average molecular weight is 536 g/mol.